The zero-order valence-corrected chi connectivity index (χ0v) is 8.92. The maximum absolute atomic E-state index is 13.8. The summed E-state index contributed by atoms with van der Waals surface area (Å²) in [6.07, 6.45) is 0. The van der Waals surface area contributed by atoms with Crippen LogP contribution in [0.1, 0.15) is 1.37 Å². The highest BCUT2D eigenvalue weighted by atomic mass is 19.2. The van der Waals surface area contributed by atoms with Crippen LogP contribution in [-0.4, -0.2) is 0 Å². The van der Waals surface area contributed by atoms with Gasteiger partial charge in [-0.05, 0) is 6.04 Å². The van der Waals surface area contributed by atoms with E-state index < -0.39 is 45.1 Å². The largest absolute Gasteiger partial charge is 0.206 e. The molecular formula is C12HF3N4. The van der Waals surface area contributed by atoms with Crippen molar-refractivity contribution in [1.82, 2.24) is 0 Å². The molecule has 4 nitrogen and oxygen atoms in total. The Balaban J connectivity index is 4.35. The van der Waals surface area contributed by atoms with E-state index in [9.17, 15) is 13.2 Å². The maximum atomic E-state index is 13.8. The van der Waals surface area contributed by atoms with Crippen molar-refractivity contribution in [1.29, 1.82) is 21.0 Å². The van der Waals surface area contributed by atoms with E-state index in [2.05, 4.69) is 0 Å². The molecule has 90 valence electrons. The van der Waals surface area contributed by atoms with E-state index >= 15 is 0 Å². The van der Waals surface area contributed by atoms with Gasteiger partial charge in [0.25, 0.3) is 0 Å². The Morgan fingerprint density at radius 2 is 1.37 bits per heavy atom. The highest BCUT2D eigenvalue weighted by Crippen LogP contribution is 2.02. The highest BCUT2D eigenvalue weighted by molar-refractivity contribution is 5.74. The third-order valence-electron chi connectivity index (χ3n) is 2.03. The van der Waals surface area contributed by atoms with Gasteiger partial charge >= 0.3 is 0 Å². The minimum absolute atomic E-state index is 0.993. The number of benzene rings is 1. The third kappa shape index (κ3) is 2.22. The van der Waals surface area contributed by atoms with Gasteiger partial charge in [0, 0.05) is 5.22 Å². The van der Waals surface area contributed by atoms with E-state index in [4.69, 9.17) is 22.4 Å². The van der Waals surface area contributed by atoms with Gasteiger partial charge in [-0.15, -0.1) is 0 Å². The molecule has 19 heavy (non-hydrogen) atoms. The Labute approximate surface area is 106 Å². The van der Waals surface area contributed by atoms with Gasteiger partial charge in [-0.2, -0.15) is 21.0 Å². The molecule has 0 saturated carbocycles. The van der Waals surface area contributed by atoms with Crippen molar-refractivity contribution in [2.45, 2.75) is 0 Å². The summed E-state index contributed by atoms with van der Waals surface area (Å²) in [5.74, 6) is -5.44. The van der Waals surface area contributed by atoms with Crippen LogP contribution in [0, 0.1) is 62.8 Å². The van der Waals surface area contributed by atoms with Crippen LogP contribution in [0.5, 0.6) is 0 Å². The summed E-state index contributed by atoms with van der Waals surface area (Å²) in [6, 6.07) is 3.47. The fourth-order valence-corrected chi connectivity index (χ4v) is 1.21. The molecule has 0 atom stereocenters. The summed E-state index contributed by atoms with van der Waals surface area (Å²) in [5, 5.41) is 31.8. The summed E-state index contributed by atoms with van der Waals surface area (Å²) in [6.45, 7) is 0. The molecule has 0 saturated heterocycles. The van der Waals surface area contributed by atoms with Crippen molar-refractivity contribution in [3.8, 4) is 24.3 Å². The van der Waals surface area contributed by atoms with Gasteiger partial charge in [-0.1, -0.05) is 0 Å². The zero-order chi connectivity index (χ0) is 15.4. The van der Waals surface area contributed by atoms with Crippen LogP contribution >= 0.6 is 0 Å². The summed E-state index contributed by atoms with van der Waals surface area (Å²) in [4.78, 5) is 0. The van der Waals surface area contributed by atoms with Crippen LogP contribution in [0.15, 0.2) is 6.04 Å². The summed E-state index contributed by atoms with van der Waals surface area (Å²) in [7, 11) is 0. The van der Waals surface area contributed by atoms with Gasteiger partial charge in [-0.25, -0.2) is 13.2 Å². The second-order valence-corrected chi connectivity index (χ2v) is 3.01. The number of rotatable bonds is 0. The lowest BCUT2D eigenvalue weighted by molar-refractivity contribution is 0.479. The van der Waals surface area contributed by atoms with Crippen LogP contribution in [0.2, 0.25) is 0 Å². The van der Waals surface area contributed by atoms with E-state index in [0.717, 1.165) is 0 Å². The highest BCUT2D eigenvalue weighted by Gasteiger charge is 2.16. The van der Waals surface area contributed by atoms with E-state index in [1.54, 1.807) is 0 Å². The summed E-state index contributed by atoms with van der Waals surface area (Å²) < 4.78 is 48.6. The quantitative estimate of drug-likeness (QED) is 0.634. The number of nitrogens with zero attached hydrogens (tertiary/aromatic N) is 4. The molecule has 0 fully saturated rings. The first kappa shape index (κ1) is 12.2. The molecule has 0 unspecified atom stereocenters. The molecule has 1 rings (SSSR count). The minimum Gasteiger partial charge on any atom is -0.206 e. The van der Waals surface area contributed by atoms with Crippen LogP contribution in [0.25, 0.3) is 11.1 Å². The molecule has 0 bridgehead atoms. The molecule has 1 aromatic carbocycles. The Kier molecular flexibility index (Phi) is 3.44. The minimum atomic E-state index is -1.91. The smallest absolute Gasteiger partial charge is 0.171 e. The standard InChI is InChI=1S/C12HF3N4/c13-9-1-8(6(2-16)3-17)11(14)12(15)10(9)7(4-18)5-19/h1H/i1D. The van der Waals surface area contributed by atoms with Crippen LogP contribution in [0.4, 0.5) is 13.2 Å². The Morgan fingerprint density at radius 1 is 0.895 bits per heavy atom. The molecule has 0 heterocycles. The van der Waals surface area contributed by atoms with Crippen molar-refractivity contribution in [3.63, 3.8) is 0 Å². The molecule has 0 aromatic heterocycles. The second-order valence-electron chi connectivity index (χ2n) is 3.01. The van der Waals surface area contributed by atoms with Crippen molar-refractivity contribution in [2.24, 2.45) is 0 Å². The molecule has 0 aliphatic heterocycles. The lowest BCUT2D eigenvalue weighted by Crippen LogP contribution is -2.26. The Bertz CT molecular complexity index is 750. The van der Waals surface area contributed by atoms with Crippen molar-refractivity contribution < 1.29 is 14.5 Å². The van der Waals surface area contributed by atoms with Gasteiger partial charge in [0.1, 0.15) is 41.2 Å². The van der Waals surface area contributed by atoms with Crippen molar-refractivity contribution in [3.05, 3.63) is 33.9 Å². The van der Waals surface area contributed by atoms with E-state index in [1.165, 1.54) is 24.3 Å². The van der Waals surface area contributed by atoms with E-state index in [-0.39, 0.29) is 0 Å². The van der Waals surface area contributed by atoms with Gasteiger partial charge in [-0.3, -0.25) is 0 Å². The second kappa shape index (κ2) is 5.36. The maximum Gasteiger partial charge on any atom is 0.171 e. The summed E-state index contributed by atoms with van der Waals surface area (Å²) >= 11 is 0. The van der Waals surface area contributed by atoms with Crippen LogP contribution in [0.3, 0.4) is 0 Å². The predicted molar refractivity (Wildman–Crippen MR) is 54.8 cm³/mol. The van der Waals surface area contributed by atoms with Crippen molar-refractivity contribution in [2.75, 3.05) is 0 Å². The van der Waals surface area contributed by atoms with Gasteiger partial charge < -0.3 is 0 Å². The monoisotopic (exact) mass is 259 g/mol. The predicted octanol–water partition coefficient (Wildman–Crippen LogP) is 0.500. The molecule has 0 radical (unpaired) electrons. The molecule has 7 heteroatoms. The molecule has 0 aliphatic rings. The third-order valence-corrected chi connectivity index (χ3v) is 2.03. The first-order valence-electron chi connectivity index (χ1n) is 4.96. The molecule has 0 amide bonds. The van der Waals surface area contributed by atoms with E-state index in [0.29, 0.717) is 0 Å². The fraction of sp³-hybridized carbons (Fsp3) is 0. The van der Waals surface area contributed by atoms with Crippen LogP contribution in [-0.2, 0) is 0 Å². The first-order valence-corrected chi connectivity index (χ1v) is 4.46. The average molecular weight is 259 g/mol. The molecule has 0 N–H and O–H groups in total. The molecular weight excluding hydrogens is 257 g/mol. The first-order chi connectivity index (χ1) is 9.44. The molecule has 0 spiro atoms. The SMILES string of the molecule is [2H]c1c(F)c(=C(C#N)C#N)c(F)c(F)c1=C(C#N)C#N. The lowest BCUT2D eigenvalue weighted by Gasteiger charge is -1.98. The Hall–Kier alpha value is -3.29. The molecule has 0 aliphatic carbocycles. The zero-order valence-electron chi connectivity index (χ0n) is 9.92. The van der Waals surface area contributed by atoms with Crippen LogP contribution < -0.4 is 10.4 Å². The Morgan fingerprint density at radius 3 is 1.79 bits per heavy atom. The van der Waals surface area contributed by atoms with Gasteiger partial charge in [0.2, 0.25) is 0 Å². The van der Waals surface area contributed by atoms with Crippen molar-refractivity contribution >= 4 is 11.1 Å². The van der Waals surface area contributed by atoms with Gasteiger partial charge in [0.15, 0.2) is 11.6 Å². The fourth-order valence-electron chi connectivity index (χ4n) is 1.21. The lowest BCUT2D eigenvalue weighted by atomic mass is 10.1. The number of hydrogen-bond donors (Lipinski definition) is 0. The normalized spacial score (nSPS) is 9.32. The summed E-state index contributed by atoms with van der Waals surface area (Å²) in [5.41, 5.74) is -2.05. The van der Waals surface area contributed by atoms with E-state index in [1.807, 2.05) is 0 Å². The van der Waals surface area contributed by atoms with Gasteiger partial charge in [0.05, 0.1) is 6.59 Å². The number of nitriles is 4. The number of halogens is 3. The average Bonchev–Trinajstić information content (AvgIpc) is 2.46. The molecule has 1 aromatic rings. The number of hydrogen-bond acceptors (Lipinski definition) is 4. The topological polar surface area (TPSA) is 95.2 Å².